The molecule has 1 aromatic heterocycles. The quantitative estimate of drug-likeness (QED) is 0.638. The molecule has 0 aliphatic rings. The largest absolute Gasteiger partial charge is 0.379 e. The molecule has 0 radical (unpaired) electrons. The molecule has 0 saturated carbocycles. The molecular formula is C10H12N6O. The molecule has 0 bridgehead atoms. The monoisotopic (exact) mass is 232 g/mol. The Morgan fingerprint density at radius 1 is 1.35 bits per heavy atom. The number of nitrogens with two attached hydrogens (primary N) is 1. The molecule has 0 spiro atoms. The van der Waals surface area contributed by atoms with Crippen molar-refractivity contribution in [3.8, 4) is 0 Å². The first kappa shape index (κ1) is 10.9. The van der Waals surface area contributed by atoms with Crippen molar-refractivity contribution in [1.29, 1.82) is 0 Å². The van der Waals surface area contributed by atoms with Crippen LogP contribution in [0.4, 0.5) is 11.6 Å². The minimum absolute atomic E-state index is 0.237. The molecule has 0 aliphatic heterocycles. The first-order valence-electron chi connectivity index (χ1n) is 5.00. The molecule has 0 aliphatic carbocycles. The molecular weight excluding hydrogens is 220 g/mol. The Balaban J connectivity index is 2.02. The van der Waals surface area contributed by atoms with Gasteiger partial charge in [0.25, 0.3) is 0 Å². The lowest BCUT2D eigenvalue weighted by atomic mass is 10.2. The molecule has 0 unspecified atom stereocenters. The van der Waals surface area contributed by atoms with Gasteiger partial charge in [-0.15, -0.1) is 9.89 Å². The van der Waals surface area contributed by atoms with E-state index in [0.29, 0.717) is 13.0 Å². The number of rotatable bonds is 5. The van der Waals surface area contributed by atoms with Crippen molar-refractivity contribution in [2.45, 2.75) is 6.54 Å². The Kier molecular flexibility index (Phi) is 3.20. The molecule has 1 heterocycles. The van der Waals surface area contributed by atoms with Crippen LogP contribution in [0.1, 0.15) is 5.56 Å². The predicted molar refractivity (Wildman–Crippen MR) is 63.6 cm³/mol. The second-order valence-corrected chi connectivity index (χ2v) is 3.32. The van der Waals surface area contributed by atoms with E-state index in [-0.39, 0.29) is 11.6 Å². The number of benzene rings is 1. The SMILES string of the molecule is Nc1c(NC=O)nnn1NCc1ccccc1. The third kappa shape index (κ3) is 2.51. The number of carbonyl (C=O) groups is 1. The van der Waals surface area contributed by atoms with E-state index in [1.165, 1.54) is 4.79 Å². The highest BCUT2D eigenvalue weighted by Crippen LogP contribution is 2.11. The third-order valence-electron chi connectivity index (χ3n) is 2.18. The normalized spacial score (nSPS) is 9.88. The molecule has 7 heteroatoms. The van der Waals surface area contributed by atoms with E-state index in [0.717, 1.165) is 5.56 Å². The summed E-state index contributed by atoms with van der Waals surface area (Å²) in [6, 6.07) is 9.79. The summed E-state index contributed by atoms with van der Waals surface area (Å²) in [5, 5.41) is 9.81. The van der Waals surface area contributed by atoms with Crippen molar-refractivity contribution in [1.82, 2.24) is 15.1 Å². The molecule has 4 N–H and O–H groups in total. The van der Waals surface area contributed by atoms with E-state index in [9.17, 15) is 4.79 Å². The molecule has 1 amide bonds. The van der Waals surface area contributed by atoms with E-state index in [2.05, 4.69) is 21.1 Å². The zero-order chi connectivity index (χ0) is 12.1. The van der Waals surface area contributed by atoms with Gasteiger partial charge in [-0.3, -0.25) is 4.79 Å². The van der Waals surface area contributed by atoms with Gasteiger partial charge < -0.3 is 16.5 Å². The summed E-state index contributed by atoms with van der Waals surface area (Å²) in [6.07, 6.45) is 0.502. The highest BCUT2D eigenvalue weighted by Gasteiger charge is 2.07. The first-order valence-corrected chi connectivity index (χ1v) is 5.00. The number of anilines is 2. The van der Waals surface area contributed by atoms with Gasteiger partial charge in [-0.1, -0.05) is 30.3 Å². The highest BCUT2D eigenvalue weighted by atomic mass is 16.1. The van der Waals surface area contributed by atoms with Crippen LogP contribution in [0.2, 0.25) is 0 Å². The van der Waals surface area contributed by atoms with Gasteiger partial charge in [0.15, 0.2) is 5.82 Å². The van der Waals surface area contributed by atoms with Gasteiger partial charge in [0.1, 0.15) is 0 Å². The zero-order valence-corrected chi connectivity index (χ0v) is 9.00. The maximum absolute atomic E-state index is 10.3. The summed E-state index contributed by atoms with van der Waals surface area (Å²) in [4.78, 5) is 11.6. The van der Waals surface area contributed by atoms with Crippen LogP contribution in [0, 0.1) is 0 Å². The van der Waals surface area contributed by atoms with E-state index in [1.807, 2.05) is 30.3 Å². The Hall–Kier alpha value is -2.57. The minimum atomic E-state index is 0.237. The standard InChI is InChI=1S/C10H12N6O/c11-9-10(12-7-17)14-15-16(9)13-6-8-4-2-1-3-5-8/h1-5,7,13H,6,11H2,(H,12,17). The summed E-state index contributed by atoms with van der Waals surface area (Å²) in [5.74, 6) is 0.494. The molecule has 88 valence electrons. The zero-order valence-electron chi connectivity index (χ0n) is 9.00. The van der Waals surface area contributed by atoms with Gasteiger partial charge in [0.05, 0.1) is 6.54 Å². The predicted octanol–water partition coefficient (Wildman–Crippen LogP) is 0.172. The molecule has 17 heavy (non-hydrogen) atoms. The average molecular weight is 232 g/mol. The maximum Gasteiger partial charge on any atom is 0.212 e. The Morgan fingerprint density at radius 2 is 2.12 bits per heavy atom. The number of nitrogen functional groups attached to an aromatic ring is 1. The lowest BCUT2D eigenvalue weighted by Crippen LogP contribution is -2.18. The minimum Gasteiger partial charge on any atom is -0.379 e. The van der Waals surface area contributed by atoms with Gasteiger partial charge >= 0.3 is 0 Å². The van der Waals surface area contributed by atoms with Crippen LogP contribution in [-0.2, 0) is 11.3 Å². The number of carbonyl (C=O) groups excluding carboxylic acids is 1. The maximum atomic E-state index is 10.3. The first-order chi connectivity index (χ1) is 8.31. The fraction of sp³-hybridized carbons (Fsp3) is 0.100. The summed E-state index contributed by atoms with van der Waals surface area (Å²) in [7, 11) is 0. The molecule has 0 fully saturated rings. The topological polar surface area (TPSA) is 97.9 Å². The summed E-state index contributed by atoms with van der Waals surface area (Å²) < 4.78 is 0. The van der Waals surface area contributed by atoms with Crippen molar-refractivity contribution in [2.24, 2.45) is 0 Å². The molecule has 0 atom stereocenters. The van der Waals surface area contributed by atoms with Gasteiger partial charge in [-0.05, 0) is 10.8 Å². The van der Waals surface area contributed by atoms with E-state index in [4.69, 9.17) is 5.73 Å². The number of amides is 1. The second-order valence-electron chi connectivity index (χ2n) is 3.32. The van der Waals surface area contributed by atoms with Crippen LogP contribution in [0.15, 0.2) is 30.3 Å². The number of nitrogens with one attached hydrogen (secondary N) is 2. The Labute approximate surface area is 97.6 Å². The summed E-state index contributed by atoms with van der Waals surface area (Å²) in [6.45, 7) is 0.564. The molecule has 2 rings (SSSR count). The summed E-state index contributed by atoms with van der Waals surface area (Å²) in [5.41, 5.74) is 9.77. The average Bonchev–Trinajstić information content (AvgIpc) is 2.70. The van der Waals surface area contributed by atoms with E-state index >= 15 is 0 Å². The fourth-order valence-electron chi connectivity index (χ4n) is 1.33. The lowest BCUT2D eigenvalue weighted by molar-refractivity contribution is -0.105. The second kappa shape index (κ2) is 4.97. The van der Waals surface area contributed by atoms with Gasteiger partial charge in [-0.2, -0.15) is 0 Å². The van der Waals surface area contributed by atoms with Crippen molar-refractivity contribution < 1.29 is 4.79 Å². The van der Waals surface area contributed by atoms with Crippen LogP contribution in [0.25, 0.3) is 0 Å². The number of hydrogen-bond acceptors (Lipinski definition) is 5. The van der Waals surface area contributed by atoms with Crippen molar-refractivity contribution in [3.63, 3.8) is 0 Å². The van der Waals surface area contributed by atoms with Gasteiger partial charge in [-0.25, -0.2) is 0 Å². The third-order valence-corrected chi connectivity index (χ3v) is 2.18. The van der Waals surface area contributed by atoms with Crippen LogP contribution in [0.3, 0.4) is 0 Å². The van der Waals surface area contributed by atoms with Crippen LogP contribution < -0.4 is 16.5 Å². The lowest BCUT2D eigenvalue weighted by Gasteiger charge is -2.06. The molecule has 0 saturated heterocycles. The van der Waals surface area contributed by atoms with Crippen LogP contribution in [-0.4, -0.2) is 21.5 Å². The Morgan fingerprint density at radius 3 is 2.82 bits per heavy atom. The Bertz CT molecular complexity index is 495. The van der Waals surface area contributed by atoms with Crippen LogP contribution in [0.5, 0.6) is 0 Å². The number of nitrogens with zero attached hydrogens (tertiary/aromatic N) is 3. The highest BCUT2D eigenvalue weighted by molar-refractivity contribution is 5.74. The summed E-state index contributed by atoms with van der Waals surface area (Å²) >= 11 is 0. The molecule has 2 aromatic rings. The van der Waals surface area contributed by atoms with Gasteiger partial charge in [0, 0.05) is 0 Å². The van der Waals surface area contributed by atoms with E-state index < -0.39 is 0 Å². The molecule has 7 nitrogen and oxygen atoms in total. The fourth-order valence-corrected chi connectivity index (χ4v) is 1.33. The number of hydrogen-bond donors (Lipinski definition) is 3. The van der Waals surface area contributed by atoms with Crippen LogP contribution >= 0.6 is 0 Å². The smallest absolute Gasteiger partial charge is 0.212 e. The van der Waals surface area contributed by atoms with E-state index in [1.54, 1.807) is 0 Å². The van der Waals surface area contributed by atoms with Crippen molar-refractivity contribution >= 4 is 18.0 Å². The number of aromatic nitrogens is 3. The van der Waals surface area contributed by atoms with Crippen molar-refractivity contribution in [2.75, 3.05) is 16.5 Å². The molecule has 1 aromatic carbocycles. The van der Waals surface area contributed by atoms with Gasteiger partial charge in [0.2, 0.25) is 12.2 Å². The van der Waals surface area contributed by atoms with Crippen molar-refractivity contribution in [3.05, 3.63) is 35.9 Å².